The minimum Gasteiger partial charge on any atom is -0.507 e. The topological polar surface area (TPSA) is 87.2 Å². The van der Waals surface area contributed by atoms with Gasteiger partial charge in [-0.2, -0.15) is 0 Å². The molecule has 0 amide bonds. The summed E-state index contributed by atoms with van der Waals surface area (Å²) in [4.78, 5) is 12.3. The van der Waals surface area contributed by atoms with Crippen LogP contribution in [0.5, 0.6) is 5.75 Å². The Bertz CT molecular complexity index is 647. The molecule has 18 heavy (non-hydrogen) atoms. The molecule has 0 spiro atoms. The standard InChI is InChI=1S/C14H10N2O2/c15-9-5-1-3-7-11(9)13(16)12-8(14(7)18)4-2-6-10(12)17/h1-6,16-17H,15H2. The molecule has 88 valence electrons. The minimum atomic E-state index is -0.209. The van der Waals surface area contributed by atoms with Crippen LogP contribution in [-0.4, -0.2) is 16.6 Å². The summed E-state index contributed by atoms with van der Waals surface area (Å²) in [6, 6.07) is 9.65. The quantitative estimate of drug-likeness (QED) is 0.523. The van der Waals surface area contributed by atoms with E-state index in [0.717, 1.165) is 0 Å². The van der Waals surface area contributed by atoms with Crippen LogP contribution in [0.4, 0.5) is 5.69 Å². The monoisotopic (exact) mass is 238 g/mol. The number of anilines is 1. The number of hydrogen-bond donors (Lipinski definition) is 3. The average molecular weight is 238 g/mol. The van der Waals surface area contributed by atoms with Gasteiger partial charge in [-0.3, -0.25) is 10.2 Å². The molecule has 1 aliphatic carbocycles. The maximum Gasteiger partial charge on any atom is 0.194 e. The van der Waals surface area contributed by atoms with E-state index in [0.29, 0.717) is 22.4 Å². The Morgan fingerprint density at radius 1 is 1.00 bits per heavy atom. The highest BCUT2D eigenvalue weighted by Crippen LogP contribution is 2.34. The van der Waals surface area contributed by atoms with Gasteiger partial charge in [-0.05, 0) is 12.1 Å². The number of carbonyl (C=O) groups is 1. The van der Waals surface area contributed by atoms with Crippen molar-refractivity contribution in [1.29, 1.82) is 5.41 Å². The molecule has 0 radical (unpaired) electrons. The fraction of sp³-hybridized carbons (Fsp3) is 0. The number of nitrogens with two attached hydrogens (primary N) is 1. The highest BCUT2D eigenvalue weighted by molar-refractivity contribution is 6.31. The van der Waals surface area contributed by atoms with E-state index < -0.39 is 0 Å². The van der Waals surface area contributed by atoms with Crippen LogP contribution in [-0.2, 0) is 0 Å². The molecule has 2 aromatic rings. The number of aromatic hydroxyl groups is 1. The molecule has 1 aliphatic rings. The summed E-state index contributed by atoms with van der Waals surface area (Å²) in [6.45, 7) is 0. The van der Waals surface area contributed by atoms with Gasteiger partial charge in [-0.1, -0.05) is 24.3 Å². The molecule has 3 rings (SSSR count). The van der Waals surface area contributed by atoms with Crippen LogP contribution in [0.3, 0.4) is 0 Å². The molecule has 0 saturated carbocycles. The summed E-state index contributed by atoms with van der Waals surface area (Å²) in [7, 11) is 0. The van der Waals surface area contributed by atoms with E-state index in [4.69, 9.17) is 11.1 Å². The number of fused-ring (bicyclic) bond motifs is 2. The first-order valence-corrected chi connectivity index (χ1v) is 5.45. The third kappa shape index (κ3) is 1.20. The van der Waals surface area contributed by atoms with E-state index in [1.165, 1.54) is 6.07 Å². The molecule has 4 nitrogen and oxygen atoms in total. The lowest BCUT2D eigenvalue weighted by molar-refractivity contribution is 0.103. The molecular formula is C14H10N2O2. The van der Waals surface area contributed by atoms with Gasteiger partial charge in [-0.25, -0.2) is 0 Å². The minimum absolute atomic E-state index is 0.0697. The van der Waals surface area contributed by atoms with Crippen LogP contribution in [0.1, 0.15) is 27.0 Å². The Kier molecular flexibility index (Phi) is 2.01. The smallest absolute Gasteiger partial charge is 0.194 e. The fourth-order valence-electron chi connectivity index (χ4n) is 2.30. The van der Waals surface area contributed by atoms with Crippen molar-refractivity contribution in [2.75, 3.05) is 5.73 Å². The normalized spacial score (nSPS) is 13.1. The van der Waals surface area contributed by atoms with Crippen molar-refractivity contribution in [2.24, 2.45) is 0 Å². The van der Waals surface area contributed by atoms with Crippen LogP contribution in [0.15, 0.2) is 36.4 Å². The molecule has 0 heterocycles. The number of rotatable bonds is 0. The number of benzene rings is 2. The van der Waals surface area contributed by atoms with Gasteiger partial charge in [0, 0.05) is 22.4 Å². The molecule has 0 unspecified atom stereocenters. The zero-order valence-electron chi connectivity index (χ0n) is 9.40. The Morgan fingerprint density at radius 2 is 1.61 bits per heavy atom. The summed E-state index contributed by atoms with van der Waals surface area (Å²) in [5.41, 5.74) is 7.71. The van der Waals surface area contributed by atoms with Crippen LogP contribution < -0.4 is 5.73 Å². The Hall–Kier alpha value is -2.62. The summed E-state index contributed by atoms with van der Waals surface area (Å²) < 4.78 is 0. The zero-order chi connectivity index (χ0) is 12.9. The summed E-state index contributed by atoms with van der Waals surface area (Å²) >= 11 is 0. The predicted molar refractivity (Wildman–Crippen MR) is 68.3 cm³/mol. The molecule has 0 aromatic heterocycles. The summed E-state index contributed by atoms with van der Waals surface area (Å²) in [5, 5.41) is 18.0. The van der Waals surface area contributed by atoms with Gasteiger partial charge >= 0.3 is 0 Å². The van der Waals surface area contributed by atoms with Crippen LogP contribution in [0.2, 0.25) is 0 Å². The molecule has 0 saturated heterocycles. The van der Waals surface area contributed by atoms with E-state index in [-0.39, 0.29) is 22.8 Å². The lowest BCUT2D eigenvalue weighted by Gasteiger charge is -2.21. The van der Waals surface area contributed by atoms with Gasteiger partial charge in [-0.15, -0.1) is 0 Å². The van der Waals surface area contributed by atoms with Crippen LogP contribution >= 0.6 is 0 Å². The fourth-order valence-corrected chi connectivity index (χ4v) is 2.30. The molecule has 2 aromatic carbocycles. The van der Waals surface area contributed by atoms with Crippen molar-refractivity contribution in [3.63, 3.8) is 0 Å². The van der Waals surface area contributed by atoms with E-state index in [9.17, 15) is 9.90 Å². The first-order valence-electron chi connectivity index (χ1n) is 5.45. The molecule has 0 bridgehead atoms. The van der Waals surface area contributed by atoms with E-state index in [2.05, 4.69) is 0 Å². The Labute approximate surface area is 103 Å². The number of nitrogens with one attached hydrogen (secondary N) is 1. The van der Waals surface area contributed by atoms with Crippen molar-refractivity contribution in [1.82, 2.24) is 0 Å². The molecule has 0 aliphatic heterocycles. The lowest BCUT2D eigenvalue weighted by Crippen LogP contribution is -2.22. The molecular weight excluding hydrogens is 228 g/mol. The van der Waals surface area contributed by atoms with Gasteiger partial charge in [0.15, 0.2) is 5.78 Å². The predicted octanol–water partition coefficient (Wildman–Crippen LogP) is 1.93. The molecule has 0 fully saturated rings. The maximum absolute atomic E-state index is 12.3. The number of carbonyl (C=O) groups excluding carboxylic acids is 1. The number of phenols is 1. The van der Waals surface area contributed by atoms with Crippen molar-refractivity contribution in [3.8, 4) is 5.75 Å². The van der Waals surface area contributed by atoms with Gasteiger partial charge in [0.25, 0.3) is 0 Å². The SMILES string of the molecule is N=C1c2c(N)cccc2C(=O)c2cccc(O)c21. The molecule has 4 N–H and O–H groups in total. The zero-order valence-corrected chi connectivity index (χ0v) is 9.40. The maximum atomic E-state index is 12.3. The van der Waals surface area contributed by atoms with Crippen molar-refractivity contribution >= 4 is 17.2 Å². The lowest BCUT2D eigenvalue weighted by atomic mass is 9.82. The Morgan fingerprint density at radius 3 is 2.33 bits per heavy atom. The number of ketones is 1. The molecule has 0 atom stereocenters. The number of hydrogen-bond acceptors (Lipinski definition) is 4. The van der Waals surface area contributed by atoms with E-state index >= 15 is 0 Å². The van der Waals surface area contributed by atoms with Gasteiger partial charge in [0.2, 0.25) is 0 Å². The highest BCUT2D eigenvalue weighted by atomic mass is 16.3. The van der Waals surface area contributed by atoms with E-state index in [1.807, 2.05) is 0 Å². The number of phenolic OH excluding ortho intramolecular Hbond substituents is 1. The van der Waals surface area contributed by atoms with Crippen LogP contribution in [0, 0.1) is 5.41 Å². The van der Waals surface area contributed by atoms with Crippen molar-refractivity contribution in [2.45, 2.75) is 0 Å². The third-order valence-corrected chi connectivity index (χ3v) is 3.13. The van der Waals surface area contributed by atoms with Gasteiger partial charge in [0.1, 0.15) is 5.75 Å². The summed E-state index contributed by atoms with van der Waals surface area (Å²) in [6.07, 6.45) is 0. The Balaban J connectivity index is 2.40. The van der Waals surface area contributed by atoms with Gasteiger partial charge in [0.05, 0.1) is 11.3 Å². The first-order chi connectivity index (χ1) is 8.61. The number of nitrogen functional groups attached to an aromatic ring is 1. The van der Waals surface area contributed by atoms with Crippen molar-refractivity contribution in [3.05, 3.63) is 58.7 Å². The first kappa shape index (κ1) is 10.5. The third-order valence-electron chi connectivity index (χ3n) is 3.13. The second kappa shape index (κ2) is 3.43. The average Bonchev–Trinajstić information content (AvgIpc) is 2.35. The highest BCUT2D eigenvalue weighted by Gasteiger charge is 2.30. The van der Waals surface area contributed by atoms with E-state index in [1.54, 1.807) is 30.3 Å². The second-order valence-corrected chi connectivity index (χ2v) is 4.17. The van der Waals surface area contributed by atoms with Gasteiger partial charge < -0.3 is 10.8 Å². The van der Waals surface area contributed by atoms with Crippen molar-refractivity contribution < 1.29 is 9.90 Å². The van der Waals surface area contributed by atoms with Crippen LogP contribution in [0.25, 0.3) is 0 Å². The summed E-state index contributed by atoms with van der Waals surface area (Å²) in [5.74, 6) is -0.279. The molecule has 4 heteroatoms. The second-order valence-electron chi connectivity index (χ2n) is 4.17. The largest absolute Gasteiger partial charge is 0.507 e.